The van der Waals surface area contributed by atoms with Crippen LogP contribution in [0.4, 0.5) is 4.79 Å². The van der Waals surface area contributed by atoms with Crippen molar-refractivity contribution in [3.05, 3.63) is 23.2 Å². The van der Waals surface area contributed by atoms with E-state index in [1.165, 1.54) is 11.0 Å². The maximum Gasteiger partial charge on any atom is 0.339 e. The Hall–Kier alpha value is -2.51. The van der Waals surface area contributed by atoms with Gasteiger partial charge < -0.3 is 25.1 Å². The van der Waals surface area contributed by atoms with Gasteiger partial charge >= 0.3 is 12.0 Å². The molecule has 0 aromatic carbocycles. The number of carboxylic acids is 1. The zero-order valence-electron chi connectivity index (χ0n) is 11.6. The van der Waals surface area contributed by atoms with Gasteiger partial charge in [-0.05, 0) is 19.4 Å². The van der Waals surface area contributed by atoms with Gasteiger partial charge in [-0.2, -0.15) is 0 Å². The Morgan fingerprint density at radius 2 is 2.29 bits per heavy atom. The standard InChI is InChI=1S/C13H17N3O5/c1-8-10(12(18)19)5-9(21-8)6-15-13(20)16-4-2-3-14-11(17)7-16/h5H,2-4,6-7H2,1H3,(H,14,17)(H,15,20)(H,18,19). The lowest BCUT2D eigenvalue weighted by molar-refractivity contribution is -0.121. The topological polar surface area (TPSA) is 112 Å². The first-order valence-corrected chi connectivity index (χ1v) is 6.59. The number of aromatic carboxylic acids is 1. The van der Waals surface area contributed by atoms with Gasteiger partial charge in [0.2, 0.25) is 5.91 Å². The Morgan fingerprint density at radius 3 is 2.95 bits per heavy atom. The van der Waals surface area contributed by atoms with Gasteiger partial charge in [-0.1, -0.05) is 0 Å². The van der Waals surface area contributed by atoms with Crippen LogP contribution in [-0.4, -0.2) is 47.5 Å². The molecule has 3 amide bonds. The average Bonchev–Trinajstić information content (AvgIpc) is 2.66. The highest BCUT2D eigenvalue weighted by molar-refractivity contribution is 5.89. The summed E-state index contributed by atoms with van der Waals surface area (Å²) in [4.78, 5) is 35.7. The lowest BCUT2D eigenvalue weighted by Crippen LogP contribution is -2.43. The second kappa shape index (κ2) is 6.29. The first-order chi connectivity index (χ1) is 9.97. The number of carbonyl (C=O) groups is 3. The fraction of sp³-hybridized carbons (Fsp3) is 0.462. The summed E-state index contributed by atoms with van der Waals surface area (Å²) in [5.41, 5.74) is 0.0772. The summed E-state index contributed by atoms with van der Waals surface area (Å²) in [6, 6.07) is 1.01. The molecule has 0 atom stereocenters. The summed E-state index contributed by atoms with van der Waals surface area (Å²) < 4.78 is 5.27. The second-order valence-corrected chi connectivity index (χ2v) is 4.77. The number of hydrogen-bond acceptors (Lipinski definition) is 4. The van der Waals surface area contributed by atoms with Crippen LogP contribution in [0.15, 0.2) is 10.5 Å². The van der Waals surface area contributed by atoms with Gasteiger partial charge in [0.05, 0.1) is 6.54 Å². The van der Waals surface area contributed by atoms with Crippen molar-refractivity contribution in [2.45, 2.75) is 19.9 Å². The number of carbonyl (C=O) groups excluding carboxylic acids is 2. The van der Waals surface area contributed by atoms with Crippen LogP contribution >= 0.6 is 0 Å². The summed E-state index contributed by atoms with van der Waals surface area (Å²) in [6.07, 6.45) is 0.697. The van der Waals surface area contributed by atoms with E-state index >= 15 is 0 Å². The molecular formula is C13H17N3O5. The van der Waals surface area contributed by atoms with E-state index in [1.54, 1.807) is 6.92 Å². The molecule has 1 fully saturated rings. The number of nitrogens with one attached hydrogen (secondary N) is 2. The van der Waals surface area contributed by atoms with Crippen LogP contribution < -0.4 is 10.6 Å². The first-order valence-electron chi connectivity index (χ1n) is 6.59. The third-order valence-corrected chi connectivity index (χ3v) is 3.16. The fourth-order valence-electron chi connectivity index (χ4n) is 2.10. The molecule has 8 nitrogen and oxygen atoms in total. The number of amides is 3. The van der Waals surface area contributed by atoms with Crippen molar-refractivity contribution < 1.29 is 23.9 Å². The van der Waals surface area contributed by atoms with E-state index in [0.717, 1.165) is 0 Å². The number of aryl methyl sites for hydroxylation is 1. The maximum absolute atomic E-state index is 12.0. The van der Waals surface area contributed by atoms with Gasteiger partial charge in [0.1, 0.15) is 23.6 Å². The second-order valence-electron chi connectivity index (χ2n) is 4.77. The van der Waals surface area contributed by atoms with Gasteiger partial charge in [0.25, 0.3) is 0 Å². The van der Waals surface area contributed by atoms with Gasteiger partial charge in [0.15, 0.2) is 0 Å². The molecule has 3 N–H and O–H groups in total. The predicted molar refractivity (Wildman–Crippen MR) is 71.8 cm³/mol. The molecule has 0 bridgehead atoms. The minimum Gasteiger partial charge on any atom is -0.478 e. The largest absolute Gasteiger partial charge is 0.478 e. The van der Waals surface area contributed by atoms with Crippen LogP contribution in [0.3, 0.4) is 0 Å². The number of urea groups is 1. The van der Waals surface area contributed by atoms with Gasteiger partial charge in [0, 0.05) is 13.1 Å². The third kappa shape index (κ3) is 3.74. The molecule has 21 heavy (non-hydrogen) atoms. The number of rotatable bonds is 3. The Kier molecular flexibility index (Phi) is 4.46. The zero-order valence-corrected chi connectivity index (χ0v) is 11.6. The Balaban J connectivity index is 1.92. The smallest absolute Gasteiger partial charge is 0.339 e. The lowest BCUT2D eigenvalue weighted by Gasteiger charge is -2.19. The van der Waals surface area contributed by atoms with Gasteiger partial charge in [-0.3, -0.25) is 4.79 Å². The number of nitrogens with zero attached hydrogens (tertiary/aromatic N) is 1. The van der Waals surface area contributed by atoms with E-state index in [4.69, 9.17) is 9.52 Å². The van der Waals surface area contributed by atoms with Crippen molar-refractivity contribution in [2.24, 2.45) is 0 Å². The zero-order chi connectivity index (χ0) is 15.4. The van der Waals surface area contributed by atoms with Crippen LogP contribution in [0.2, 0.25) is 0 Å². The SMILES string of the molecule is Cc1oc(CNC(=O)N2CCCNC(=O)C2)cc1C(=O)O. The molecule has 0 spiro atoms. The predicted octanol–water partition coefficient (Wildman–Crippen LogP) is 0.318. The molecule has 1 aromatic heterocycles. The summed E-state index contributed by atoms with van der Waals surface area (Å²) >= 11 is 0. The molecule has 2 rings (SSSR count). The Bertz CT molecular complexity index is 566. The van der Waals surface area contributed by atoms with Crippen molar-refractivity contribution in [2.75, 3.05) is 19.6 Å². The molecule has 0 radical (unpaired) electrons. The molecule has 1 aliphatic heterocycles. The lowest BCUT2D eigenvalue weighted by atomic mass is 10.2. The molecule has 1 aromatic rings. The van der Waals surface area contributed by atoms with Crippen LogP contribution in [0.5, 0.6) is 0 Å². The van der Waals surface area contributed by atoms with E-state index in [9.17, 15) is 14.4 Å². The summed E-state index contributed by atoms with van der Waals surface area (Å²) in [7, 11) is 0. The van der Waals surface area contributed by atoms with Crippen LogP contribution in [0.1, 0.15) is 28.3 Å². The number of hydrogen-bond donors (Lipinski definition) is 3. The maximum atomic E-state index is 12.0. The normalized spacial score (nSPS) is 15.3. The highest BCUT2D eigenvalue weighted by Crippen LogP contribution is 2.14. The number of carboxylic acid groups (broad SMARTS) is 1. The highest BCUT2D eigenvalue weighted by Gasteiger charge is 2.20. The average molecular weight is 295 g/mol. The van der Waals surface area contributed by atoms with E-state index in [0.29, 0.717) is 31.0 Å². The Morgan fingerprint density at radius 1 is 1.52 bits per heavy atom. The quantitative estimate of drug-likeness (QED) is 0.743. The van der Waals surface area contributed by atoms with Crippen LogP contribution in [0.25, 0.3) is 0 Å². The first kappa shape index (κ1) is 14.9. The minimum absolute atomic E-state index is 0.0173. The fourth-order valence-corrected chi connectivity index (χ4v) is 2.10. The van der Waals surface area contributed by atoms with Crippen molar-refractivity contribution in [3.8, 4) is 0 Å². The summed E-state index contributed by atoms with van der Waals surface area (Å²) in [5, 5.41) is 14.2. The molecule has 8 heteroatoms. The summed E-state index contributed by atoms with van der Waals surface area (Å²) in [5.74, 6) is -0.610. The van der Waals surface area contributed by atoms with Gasteiger partial charge in [-0.15, -0.1) is 0 Å². The Labute approximate surface area is 121 Å². The molecule has 1 aliphatic rings. The van der Waals surface area contributed by atoms with Crippen molar-refractivity contribution in [3.63, 3.8) is 0 Å². The van der Waals surface area contributed by atoms with Crippen molar-refractivity contribution in [1.29, 1.82) is 0 Å². The van der Waals surface area contributed by atoms with E-state index < -0.39 is 5.97 Å². The van der Waals surface area contributed by atoms with Crippen molar-refractivity contribution >= 4 is 17.9 Å². The van der Waals surface area contributed by atoms with E-state index in [-0.39, 0.29) is 30.6 Å². The molecule has 2 heterocycles. The monoisotopic (exact) mass is 295 g/mol. The van der Waals surface area contributed by atoms with Crippen LogP contribution in [-0.2, 0) is 11.3 Å². The minimum atomic E-state index is -1.07. The third-order valence-electron chi connectivity index (χ3n) is 3.16. The van der Waals surface area contributed by atoms with Crippen LogP contribution in [0, 0.1) is 6.92 Å². The van der Waals surface area contributed by atoms with E-state index in [2.05, 4.69) is 10.6 Å². The van der Waals surface area contributed by atoms with Gasteiger partial charge in [-0.25, -0.2) is 9.59 Å². The molecule has 0 saturated carbocycles. The summed E-state index contributed by atoms with van der Waals surface area (Å²) in [6.45, 7) is 2.69. The molecular weight excluding hydrogens is 278 g/mol. The molecule has 0 aliphatic carbocycles. The molecule has 0 unspecified atom stereocenters. The van der Waals surface area contributed by atoms with E-state index in [1.807, 2.05) is 0 Å². The van der Waals surface area contributed by atoms with Crippen molar-refractivity contribution in [1.82, 2.24) is 15.5 Å². The molecule has 114 valence electrons. The highest BCUT2D eigenvalue weighted by atomic mass is 16.4. The molecule has 1 saturated heterocycles. The number of furan rings is 1.